The second-order valence-corrected chi connectivity index (χ2v) is 4.82. The first kappa shape index (κ1) is 14.4. The molecule has 0 aromatic heterocycles. The van der Waals surface area contributed by atoms with Crippen molar-refractivity contribution in [3.63, 3.8) is 0 Å². The number of Topliss-reactive ketones (excluding diaryl/α,β-unsaturated/α-hetero) is 1. The van der Waals surface area contributed by atoms with E-state index in [-0.39, 0.29) is 18.8 Å². The van der Waals surface area contributed by atoms with Gasteiger partial charge in [0, 0.05) is 11.0 Å². The molecule has 1 aromatic carbocycles. The number of ketones is 1. The van der Waals surface area contributed by atoms with E-state index in [1.54, 1.807) is 38.1 Å². The van der Waals surface area contributed by atoms with Crippen molar-refractivity contribution >= 4 is 11.8 Å². The highest BCUT2D eigenvalue weighted by Crippen LogP contribution is 2.26. The molecule has 4 nitrogen and oxygen atoms in total. The first-order valence-electron chi connectivity index (χ1n) is 5.72. The Balaban J connectivity index is 2.87. The molecule has 1 rings (SSSR count). The minimum atomic E-state index is -0.798. The van der Waals surface area contributed by atoms with Crippen LogP contribution in [0, 0.1) is 5.41 Å². The number of rotatable bonds is 5. The van der Waals surface area contributed by atoms with Gasteiger partial charge >= 0.3 is 5.97 Å². The number of hydrogen-bond donors (Lipinski definition) is 1. The number of aliphatic hydroxyl groups is 1. The molecule has 4 heteroatoms. The van der Waals surface area contributed by atoms with Crippen LogP contribution < -0.4 is 0 Å². The zero-order chi connectivity index (χ0) is 13.8. The molecular formula is C14H18O4. The van der Waals surface area contributed by atoms with E-state index >= 15 is 0 Å². The van der Waals surface area contributed by atoms with Crippen LogP contribution in [0.1, 0.15) is 36.2 Å². The third-order valence-corrected chi connectivity index (χ3v) is 2.83. The lowest BCUT2D eigenvalue weighted by molar-refractivity contribution is -0.142. The number of aliphatic hydroxyl groups excluding tert-OH is 1. The molecule has 0 heterocycles. The summed E-state index contributed by atoms with van der Waals surface area (Å²) in [6.07, 6.45) is 0.0457. The van der Waals surface area contributed by atoms with Gasteiger partial charge in [0.15, 0.2) is 5.78 Å². The summed E-state index contributed by atoms with van der Waals surface area (Å²) >= 11 is 0. The van der Waals surface area contributed by atoms with Gasteiger partial charge in [0.2, 0.25) is 0 Å². The van der Waals surface area contributed by atoms with Crippen LogP contribution in [-0.2, 0) is 16.1 Å². The molecular weight excluding hydrogens is 232 g/mol. The Morgan fingerprint density at radius 2 is 1.78 bits per heavy atom. The van der Waals surface area contributed by atoms with Crippen molar-refractivity contribution in [2.24, 2.45) is 5.41 Å². The highest BCUT2D eigenvalue weighted by atomic mass is 16.5. The molecule has 0 aliphatic carbocycles. The molecule has 0 radical (unpaired) electrons. The van der Waals surface area contributed by atoms with Crippen LogP contribution in [0.5, 0.6) is 0 Å². The molecule has 0 bridgehead atoms. The van der Waals surface area contributed by atoms with E-state index in [1.165, 1.54) is 7.11 Å². The van der Waals surface area contributed by atoms with Crippen molar-refractivity contribution in [2.45, 2.75) is 26.9 Å². The van der Waals surface area contributed by atoms with E-state index in [9.17, 15) is 9.59 Å². The second-order valence-electron chi connectivity index (χ2n) is 4.82. The van der Waals surface area contributed by atoms with Crippen molar-refractivity contribution in [1.82, 2.24) is 0 Å². The van der Waals surface area contributed by atoms with Gasteiger partial charge in [-0.25, -0.2) is 0 Å². The monoisotopic (exact) mass is 250 g/mol. The molecule has 0 unspecified atom stereocenters. The summed E-state index contributed by atoms with van der Waals surface area (Å²) in [7, 11) is 1.30. The van der Waals surface area contributed by atoms with E-state index < -0.39 is 11.4 Å². The van der Waals surface area contributed by atoms with Gasteiger partial charge in [-0.3, -0.25) is 9.59 Å². The maximum Gasteiger partial charge on any atom is 0.306 e. The van der Waals surface area contributed by atoms with E-state index in [0.717, 1.165) is 5.56 Å². The Morgan fingerprint density at radius 1 is 1.22 bits per heavy atom. The Bertz CT molecular complexity index is 432. The summed E-state index contributed by atoms with van der Waals surface area (Å²) in [5, 5.41) is 8.93. The van der Waals surface area contributed by atoms with Crippen LogP contribution in [0.15, 0.2) is 24.3 Å². The number of esters is 1. The van der Waals surface area contributed by atoms with E-state index in [0.29, 0.717) is 5.56 Å². The first-order chi connectivity index (χ1) is 8.40. The molecule has 0 amide bonds. The average Bonchev–Trinajstić information content (AvgIpc) is 2.37. The molecule has 0 fully saturated rings. The van der Waals surface area contributed by atoms with Crippen LogP contribution in [0.25, 0.3) is 0 Å². The predicted molar refractivity (Wildman–Crippen MR) is 67.1 cm³/mol. The van der Waals surface area contributed by atoms with Crippen LogP contribution in [0.2, 0.25) is 0 Å². The van der Waals surface area contributed by atoms with Crippen molar-refractivity contribution in [3.05, 3.63) is 35.4 Å². The predicted octanol–water partition coefficient (Wildman–Crippen LogP) is 1.95. The number of benzene rings is 1. The summed E-state index contributed by atoms with van der Waals surface area (Å²) < 4.78 is 4.58. The van der Waals surface area contributed by atoms with E-state index in [1.807, 2.05) is 0 Å². The molecule has 0 saturated carbocycles. The standard InChI is InChI=1S/C14H18O4/c1-14(2,8-12(16)18-3)13(17)11-6-4-10(9-15)5-7-11/h4-7,15H,8-9H2,1-3H3. The lowest BCUT2D eigenvalue weighted by atomic mass is 9.81. The fraction of sp³-hybridized carbons (Fsp3) is 0.429. The van der Waals surface area contributed by atoms with Gasteiger partial charge < -0.3 is 9.84 Å². The topological polar surface area (TPSA) is 63.6 Å². The molecule has 0 saturated heterocycles. The van der Waals surface area contributed by atoms with Gasteiger partial charge in [0.1, 0.15) is 0 Å². The number of carbonyl (C=O) groups is 2. The normalized spacial score (nSPS) is 11.1. The van der Waals surface area contributed by atoms with Crippen LogP contribution in [0.4, 0.5) is 0 Å². The largest absolute Gasteiger partial charge is 0.469 e. The van der Waals surface area contributed by atoms with Crippen LogP contribution in [-0.4, -0.2) is 24.0 Å². The molecule has 1 aromatic rings. The lowest BCUT2D eigenvalue weighted by Gasteiger charge is -2.21. The van der Waals surface area contributed by atoms with Crippen molar-refractivity contribution < 1.29 is 19.4 Å². The van der Waals surface area contributed by atoms with Gasteiger partial charge in [-0.2, -0.15) is 0 Å². The lowest BCUT2D eigenvalue weighted by Crippen LogP contribution is -2.28. The molecule has 98 valence electrons. The Morgan fingerprint density at radius 3 is 2.22 bits per heavy atom. The van der Waals surface area contributed by atoms with Gasteiger partial charge in [-0.05, 0) is 5.56 Å². The third kappa shape index (κ3) is 3.40. The maximum atomic E-state index is 12.2. The molecule has 1 N–H and O–H groups in total. The van der Waals surface area contributed by atoms with Gasteiger partial charge in [-0.15, -0.1) is 0 Å². The maximum absolute atomic E-state index is 12.2. The smallest absolute Gasteiger partial charge is 0.306 e. The van der Waals surface area contributed by atoms with Gasteiger partial charge in [0.05, 0.1) is 20.1 Å². The van der Waals surface area contributed by atoms with Crippen LogP contribution in [0.3, 0.4) is 0 Å². The minimum Gasteiger partial charge on any atom is -0.469 e. The fourth-order valence-corrected chi connectivity index (χ4v) is 1.67. The van der Waals surface area contributed by atoms with Crippen molar-refractivity contribution in [2.75, 3.05) is 7.11 Å². The van der Waals surface area contributed by atoms with E-state index in [2.05, 4.69) is 4.74 Å². The first-order valence-corrected chi connectivity index (χ1v) is 5.72. The number of methoxy groups -OCH3 is 1. The summed E-state index contributed by atoms with van der Waals surface area (Å²) in [6, 6.07) is 6.71. The zero-order valence-electron chi connectivity index (χ0n) is 10.9. The highest BCUT2D eigenvalue weighted by Gasteiger charge is 2.31. The second kappa shape index (κ2) is 5.78. The summed E-state index contributed by atoms with van der Waals surface area (Å²) in [5.74, 6) is -0.516. The third-order valence-electron chi connectivity index (χ3n) is 2.83. The number of hydrogen-bond acceptors (Lipinski definition) is 4. The molecule has 18 heavy (non-hydrogen) atoms. The average molecular weight is 250 g/mol. The highest BCUT2D eigenvalue weighted by molar-refractivity contribution is 6.01. The SMILES string of the molecule is COC(=O)CC(C)(C)C(=O)c1ccc(CO)cc1. The minimum absolute atomic E-state index is 0.0457. The number of ether oxygens (including phenoxy) is 1. The van der Waals surface area contributed by atoms with Crippen molar-refractivity contribution in [1.29, 1.82) is 0 Å². The zero-order valence-corrected chi connectivity index (χ0v) is 10.9. The Labute approximate surface area is 107 Å². The molecule has 0 spiro atoms. The Hall–Kier alpha value is -1.68. The van der Waals surface area contributed by atoms with Crippen LogP contribution >= 0.6 is 0 Å². The van der Waals surface area contributed by atoms with Gasteiger partial charge in [-0.1, -0.05) is 38.1 Å². The van der Waals surface area contributed by atoms with Gasteiger partial charge in [0.25, 0.3) is 0 Å². The quantitative estimate of drug-likeness (QED) is 0.641. The fourth-order valence-electron chi connectivity index (χ4n) is 1.67. The molecule has 0 aliphatic rings. The van der Waals surface area contributed by atoms with Crippen molar-refractivity contribution in [3.8, 4) is 0 Å². The summed E-state index contributed by atoms with van der Waals surface area (Å²) in [5.41, 5.74) is 0.479. The molecule has 0 atom stereocenters. The number of carbonyl (C=O) groups excluding carboxylic acids is 2. The Kier molecular flexibility index (Phi) is 4.62. The van der Waals surface area contributed by atoms with E-state index in [4.69, 9.17) is 5.11 Å². The summed E-state index contributed by atoms with van der Waals surface area (Å²) in [4.78, 5) is 23.5. The summed E-state index contributed by atoms with van der Waals surface area (Å²) in [6.45, 7) is 3.37. The molecule has 0 aliphatic heterocycles.